The Morgan fingerprint density at radius 1 is 1.17 bits per heavy atom. The summed E-state index contributed by atoms with van der Waals surface area (Å²) < 4.78 is 0.129. The number of hydrogen-bond acceptors (Lipinski definition) is 1. The molecule has 1 N–H and O–H groups in total. The van der Waals surface area contributed by atoms with Gasteiger partial charge in [-0.15, -0.1) is 0 Å². The molecule has 0 aromatic carbocycles. The monoisotopic (exact) mass is 424 g/mol. The maximum atomic E-state index is 8.60. The minimum atomic E-state index is -0.205. The number of halogens is 3. The summed E-state index contributed by atoms with van der Waals surface area (Å²) in [6, 6.07) is 0. The van der Waals surface area contributed by atoms with E-state index in [4.69, 9.17) is 5.11 Å². The van der Waals surface area contributed by atoms with Crippen LogP contribution in [0.25, 0.3) is 0 Å². The van der Waals surface area contributed by atoms with E-state index in [1.54, 1.807) is 0 Å². The van der Waals surface area contributed by atoms with Crippen molar-refractivity contribution in [2.24, 2.45) is 0 Å². The topological polar surface area (TPSA) is 20.2 Å². The Morgan fingerprint density at radius 2 is 1.33 bits per heavy atom. The van der Waals surface area contributed by atoms with E-state index < -0.39 is 0 Å². The first-order chi connectivity index (χ1) is 2.64. The maximum Gasteiger partial charge on any atom is 0.126 e. The van der Waals surface area contributed by atoms with Crippen LogP contribution in [0.3, 0.4) is 0 Å². The molecule has 0 saturated carbocycles. The van der Waals surface area contributed by atoms with Gasteiger partial charge in [0.1, 0.15) is 4.11 Å². The van der Waals surface area contributed by atoms with Crippen LogP contribution in [0, 0.1) is 0 Å². The first-order valence-corrected chi connectivity index (χ1v) is 4.98. The van der Waals surface area contributed by atoms with Crippen molar-refractivity contribution in [2.45, 2.75) is 6.04 Å². The Kier molecular flexibility index (Phi) is 5.53. The van der Waals surface area contributed by atoms with Crippen LogP contribution < -0.4 is 0 Å². The molecule has 0 amide bonds. The average molecular weight is 424 g/mol. The minimum Gasteiger partial charge on any atom is -0.381 e. The van der Waals surface area contributed by atoms with Crippen LogP contribution in [0.1, 0.15) is 0 Å². The van der Waals surface area contributed by atoms with Crippen molar-refractivity contribution in [2.75, 3.05) is 0 Å². The normalized spacial score (nSPS) is 15.5. The van der Waals surface area contributed by atoms with Crippen LogP contribution in [0.2, 0.25) is 0 Å². The van der Waals surface area contributed by atoms with Crippen molar-refractivity contribution in [3.8, 4) is 0 Å². The third-order valence-corrected chi connectivity index (χ3v) is 5.04. The highest BCUT2D eigenvalue weighted by Crippen LogP contribution is 2.18. The Hall–Kier alpha value is 2.15. The van der Waals surface area contributed by atoms with Gasteiger partial charge in [0.2, 0.25) is 0 Å². The van der Waals surface area contributed by atoms with E-state index in [0.717, 1.165) is 0 Å². The molecule has 0 spiro atoms. The van der Waals surface area contributed by atoms with E-state index in [1.807, 2.05) is 22.6 Å². The molecule has 1 nitrogen and oxygen atoms in total. The van der Waals surface area contributed by atoms with E-state index in [1.165, 1.54) is 0 Å². The Labute approximate surface area is 77.7 Å². The SMILES string of the molecule is OC(I)C(I)I. The summed E-state index contributed by atoms with van der Waals surface area (Å²) in [5, 5.41) is 8.60. The second kappa shape index (κ2) is 4.07. The molecular formula is C2H3I3O. The number of aliphatic hydroxyl groups is 1. The predicted octanol–water partition coefficient (Wildman–Crippen LogP) is 1.94. The smallest absolute Gasteiger partial charge is 0.126 e. The van der Waals surface area contributed by atoms with E-state index in [-0.39, 0.29) is 4.11 Å². The fourth-order valence-corrected chi connectivity index (χ4v) is 0. The van der Waals surface area contributed by atoms with E-state index >= 15 is 0 Å². The van der Waals surface area contributed by atoms with Gasteiger partial charge in [0.15, 0.2) is 0 Å². The highest BCUT2D eigenvalue weighted by atomic mass is 127. The standard InChI is InChI=1S/C2H3I3O/c3-1(4)2(5)6/h1-2,6H. The number of aliphatic hydroxyl groups excluding tert-OH is 1. The Balaban J connectivity index is 2.99. The molecule has 0 aliphatic carbocycles. The summed E-state index contributed by atoms with van der Waals surface area (Å²) in [7, 11) is 0. The minimum absolute atomic E-state index is 0.205. The summed E-state index contributed by atoms with van der Waals surface area (Å²) >= 11 is 6.30. The van der Waals surface area contributed by atoms with Gasteiger partial charge in [-0.3, -0.25) is 0 Å². The van der Waals surface area contributed by atoms with E-state index in [2.05, 4.69) is 45.2 Å². The highest BCUT2D eigenvalue weighted by Gasteiger charge is 2.04. The zero-order chi connectivity index (χ0) is 5.15. The van der Waals surface area contributed by atoms with Crippen molar-refractivity contribution in [3.63, 3.8) is 0 Å². The lowest BCUT2D eigenvalue weighted by Crippen LogP contribution is -2.02. The van der Waals surface area contributed by atoms with Crippen molar-refractivity contribution >= 4 is 67.8 Å². The summed E-state index contributed by atoms with van der Waals surface area (Å²) in [6.45, 7) is 0. The molecule has 0 radical (unpaired) electrons. The van der Waals surface area contributed by atoms with Crippen molar-refractivity contribution in [3.05, 3.63) is 0 Å². The number of alkyl halides is 3. The van der Waals surface area contributed by atoms with Crippen molar-refractivity contribution < 1.29 is 5.11 Å². The summed E-state index contributed by atoms with van der Waals surface area (Å²) in [6.07, 6.45) is 0. The van der Waals surface area contributed by atoms with Crippen LogP contribution in [0.5, 0.6) is 0 Å². The molecule has 38 valence electrons. The quantitative estimate of drug-likeness (QED) is 0.505. The molecule has 1 atom stereocenters. The Bertz CT molecular complexity index is 29.8. The highest BCUT2D eigenvalue weighted by molar-refractivity contribution is 14.2. The van der Waals surface area contributed by atoms with Crippen LogP contribution in [0.4, 0.5) is 0 Å². The average Bonchev–Trinajstić information content (AvgIpc) is 1.36. The predicted molar refractivity (Wildman–Crippen MR) is 51.9 cm³/mol. The van der Waals surface area contributed by atoms with E-state index in [9.17, 15) is 0 Å². The molecule has 0 aliphatic heterocycles. The molecule has 0 aliphatic rings. The van der Waals surface area contributed by atoms with Gasteiger partial charge in [0.05, 0.1) is 1.93 Å². The fourth-order valence-electron chi connectivity index (χ4n) is 0. The third kappa shape index (κ3) is 4.31. The van der Waals surface area contributed by atoms with Crippen LogP contribution >= 0.6 is 67.8 Å². The van der Waals surface area contributed by atoms with Gasteiger partial charge < -0.3 is 5.11 Å². The van der Waals surface area contributed by atoms with Crippen LogP contribution in [0.15, 0.2) is 0 Å². The lowest BCUT2D eigenvalue weighted by molar-refractivity contribution is 0.303. The van der Waals surface area contributed by atoms with Gasteiger partial charge in [-0.05, 0) is 22.6 Å². The van der Waals surface area contributed by atoms with Crippen molar-refractivity contribution in [1.29, 1.82) is 0 Å². The van der Waals surface area contributed by atoms with E-state index in [0.29, 0.717) is 1.93 Å². The van der Waals surface area contributed by atoms with Gasteiger partial charge in [-0.2, -0.15) is 0 Å². The molecule has 0 rings (SSSR count). The van der Waals surface area contributed by atoms with Gasteiger partial charge in [-0.1, -0.05) is 45.2 Å². The second-order valence-electron chi connectivity index (χ2n) is 0.707. The molecule has 0 heterocycles. The van der Waals surface area contributed by atoms with Gasteiger partial charge >= 0.3 is 0 Å². The molecule has 0 saturated heterocycles. The first kappa shape index (κ1) is 8.15. The van der Waals surface area contributed by atoms with Crippen molar-refractivity contribution in [1.82, 2.24) is 0 Å². The zero-order valence-electron chi connectivity index (χ0n) is 2.74. The number of hydrogen-bond donors (Lipinski definition) is 1. The number of rotatable bonds is 1. The molecule has 6 heavy (non-hydrogen) atoms. The van der Waals surface area contributed by atoms with Gasteiger partial charge in [-0.25, -0.2) is 0 Å². The molecule has 0 bridgehead atoms. The second-order valence-corrected chi connectivity index (χ2v) is 7.05. The summed E-state index contributed by atoms with van der Waals surface area (Å²) in [4.78, 5) is 0. The fraction of sp³-hybridized carbons (Fsp3) is 1.00. The summed E-state index contributed by atoms with van der Waals surface area (Å²) in [5.74, 6) is 0. The largest absolute Gasteiger partial charge is 0.381 e. The lowest BCUT2D eigenvalue weighted by Gasteiger charge is -1.98. The Morgan fingerprint density at radius 3 is 1.33 bits per heavy atom. The molecule has 0 fully saturated rings. The maximum absolute atomic E-state index is 8.60. The molecule has 0 aromatic heterocycles. The zero-order valence-corrected chi connectivity index (χ0v) is 9.21. The molecule has 0 aromatic rings. The van der Waals surface area contributed by atoms with Crippen LogP contribution in [-0.4, -0.2) is 11.1 Å². The van der Waals surface area contributed by atoms with Gasteiger partial charge in [0, 0.05) is 0 Å². The third-order valence-electron chi connectivity index (χ3n) is 0.208. The van der Waals surface area contributed by atoms with Gasteiger partial charge in [0.25, 0.3) is 0 Å². The molecule has 1 unspecified atom stereocenters. The molecule has 4 heteroatoms. The lowest BCUT2D eigenvalue weighted by atomic mass is 10.9. The molecular weight excluding hydrogens is 421 g/mol. The first-order valence-electron chi connectivity index (χ1n) is 1.25. The summed E-state index contributed by atoms with van der Waals surface area (Å²) in [5.41, 5.74) is 0. The van der Waals surface area contributed by atoms with Crippen LogP contribution in [-0.2, 0) is 0 Å².